The number of hydrogen-bond acceptors (Lipinski definition) is 3. The highest BCUT2D eigenvalue weighted by Gasteiger charge is 2.17. The average molecular weight is 253 g/mol. The van der Waals surface area contributed by atoms with Gasteiger partial charge in [-0.15, -0.1) is 0 Å². The van der Waals surface area contributed by atoms with Crippen LogP contribution in [0.1, 0.15) is 29.8 Å². The Kier molecular flexibility index (Phi) is 4.46. The Bertz CT molecular complexity index is 416. The first kappa shape index (κ1) is 13.9. The molecule has 0 aliphatic heterocycles. The third kappa shape index (κ3) is 3.97. The molecule has 1 aromatic carbocycles. The summed E-state index contributed by atoms with van der Waals surface area (Å²) in [6.07, 6.45) is 2.05. The minimum atomic E-state index is -0.891. The number of thioether (sulfide) groups is 1. The van der Waals surface area contributed by atoms with Gasteiger partial charge in [0, 0.05) is 17.0 Å². The Hall–Kier alpha value is -1.16. The van der Waals surface area contributed by atoms with E-state index in [-0.39, 0.29) is 4.75 Å². The van der Waals surface area contributed by atoms with Crippen LogP contribution in [0.25, 0.3) is 0 Å². The van der Waals surface area contributed by atoms with Crippen molar-refractivity contribution < 1.29 is 9.90 Å². The number of nitrogens with one attached hydrogen (secondary N) is 1. The fourth-order valence-corrected chi connectivity index (χ4v) is 1.59. The number of carbonyl (C=O) groups is 1. The minimum Gasteiger partial charge on any atom is -0.478 e. The molecule has 1 aromatic rings. The van der Waals surface area contributed by atoms with Gasteiger partial charge in [-0.05, 0) is 39.2 Å². The highest BCUT2D eigenvalue weighted by molar-refractivity contribution is 7.99. The maximum absolute atomic E-state index is 11.1. The van der Waals surface area contributed by atoms with Crippen molar-refractivity contribution in [1.29, 1.82) is 0 Å². The average Bonchev–Trinajstić information content (AvgIpc) is 2.27. The van der Waals surface area contributed by atoms with Gasteiger partial charge in [-0.25, -0.2) is 4.79 Å². The number of carboxylic acid groups (broad SMARTS) is 1. The Morgan fingerprint density at radius 2 is 2.12 bits per heavy atom. The van der Waals surface area contributed by atoms with E-state index >= 15 is 0 Å². The first-order valence-electron chi connectivity index (χ1n) is 5.49. The minimum absolute atomic E-state index is 0.0840. The van der Waals surface area contributed by atoms with Crippen LogP contribution in [0.5, 0.6) is 0 Å². The van der Waals surface area contributed by atoms with Crippen LogP contribution in [0.15, 0.2) is 18.2 Å². The lowest BCUT2D eigenvalue weighted by molar-refractivity contribution is 0.0698. The van der Waals surface area contributed by atoms with Crippen molar-refractivity contribution >= 4 is 23.4 Å². The van der Waals surface area contributed by atoms with E-state index in [9.17, 15) is 4.79 Å². The Labute approximate surface area is 107 Å². The predicted octanol–water partition coefficient (Wildman–Crippen LogP) is 3.25. The fourth-order valence-electron chi connectivity index (χ4n) is 1.37. The Morgan fingerprint density at radius 1 is 1.47 bits per heavy atom. The van der Waals surface area contributed by atoms with Crippen LogP contribution in [-0.2, 0) is 0 Å². The second-order valence-electron chi connectivity index (χ2n) is 4.67. The molecule has 0 aromatic heterocycles. The smallest absolute Gasteiger partial charge is 0.337 e. The van der Waals surface area contributed by atoms with Gasteiger partial charge in [-0.3, -0.25) is 0 Å². The molecule has 0 saturated heterocycles. The van der Waals surface area contributed by atoms with E-state index in [1.54, 1.807) is 17.8 Å². The van der Waals surface area contributed by atoms with E-state index in [1.165, 1.54) is 0 Å². The largest absolute Gasteiger partial charge is 0.478 e. The summed E-state index contributed by atoms with van der Waals surface area (Å²) in [4.78, 5) is 11.1. The van der Waals surface area contributed by atoms with Crippen molar-refractivity contribution in [2.45, 2.75) is 25.5 Å². The zero-order valence-corrected chi connectivity index (χ0v) is 11.5. The highest BCUT2D eigenvalue weighted by Crippen LogP contribution is 2.23. The lowest BCUT2D eigenvalue weighted by Gasteiger charge is -2.23. The molecule has 0 radical (unpaired) electrons. The monoisotopic (exact) mass is 253 g/mol. The summed E-state index contributed by atoms with van der Waals surface area (Å²) in [5.74, 6) is -0.891. The summed E-state index contributed by atoms with van der Waals surface area (Å²) in [6, 6.07) is 5.44. The molecular weight excluding hydrogens is 234 g/mol. The third-order valence-electron chi connectivity index (χ3n) is 2.66. The van der Waals surface area contributed by atoms with Gasteiger partial charge in [0.1, 0.15) is 0 Å². The molecule has 94 valence electrons. The molecule has 2 N–H and O–H groups in total. The summed E-state index contributed by atoms with van der Waals surface area (Å²) < 4.78 is 0.0840. The molecule has 0 amide bonds. The molecule has 4 heteroatoms. The van der Waals surface area contributed by atoms with Crippen LogP contribution >= 0.6 is 11.8 Å². The van der Waals surface area contributed by atoms with E-state index in [0.717, 1.165) is 12.1 Å². The zero-order chi connectivity index (χ0) is 13.1. The number of anilines is 1. The second-order valence-corrected chi connectivity index (χ2v) is 6.18. The van der Waals surface area contributed by atoms with Gasteiger partial charge in [0.25, 0.3) is 0 Å². The van der Waals surface area contributed by atoms with Crippen LogP contribution in [0.4, 0.5) is 5.69 Å². The van der Waals surface area contributed by atoms with E-state index < -0.39 is 5.97 Å². The zero-order valence-electron chi connectivity index (χ0n) is 10.7. The van der Waals surface area contributed by atoms with Gasteiger partial charge >= 0.3 is 5.97 Å². The molecule has 0 aliphatic rings. The maximum atomic E-state index is 11.1. The molecular formula is C13H19NO2S. The quantitative estimate of drug-likeness (QED) is 0.845. The van der Waals surface area contributed by atoms with Crippen LogP contribution in [-0.4, -0.2) is 28.6 Å². The summed E-state index contributed by atoms with van der Waals surface area (Å²) in [5, 5.41) is 12.3. The summed E-state index contributed by atoms with van der Waals surface area (Å²) >= 11 is 1.75. The van der Waals surface area contributed by atoms with Gasteiger partial charge in [0.2, 0.25) is 0 Å². The van der Waals surface area contributed by atoms with E-state index in [2.05, 4.69) is 25.4 Å². The maximum Gasteiger partial charge on any atom is 0.337 e. The summed E-state index contributed by atoms with van der Waals surface area (Å²) in [6.45, 7) is 6.87. The van der Waals surface area contributed by atoms with E-state index in [1.807, 2.05) is 19.1 Å². The molecule has 0 atom stereocenters. The van der Waals surface area contributed by atoms with E-state index in [4.69, 9.17) is 5.11 Å². The van der Waals surface area contributed by atoms with Gasteiger partial charge in [0.15, 0.2) is 0 Å². The van der Waals surface area contributed by atoms with Gasteiger partial charge in [-0.1, -0.05) is 11.6 Å². The van der Waals surface area contributed by atoms with Crippen molar-refractivity contribution in [3.05, 3.63) is 29.3 Å². The Morgan fingerprint density at radius 3 is 2.65 bits per heavy atom. The van der Waals surface area contributed by atoms with Crippen molar-refractivity contribution in [2.24, 2.45) is 0 Å². The standard InChI is InChI=1S/C13H19NO2S/c1-9-5-6-11(10(7-9)12(15)16)14-8-13(2,3)17-4/h5-7,14H,8H2,1-4H3,(H,15,16). The van der Waals surface area contributed by atoms with Crippen LogP contribution in [0, 0.1) is 6.92 Å². The number of rotatable bonds is 5. The van der Waals surface area contributed by atoms with Gasteiger partial charge < -0.3 is 10.4 Å². The fraction of sp³-hybridized carbons (Fsp3) is 0.462. The molecule has 17 heavy (non-hydrogen) atoms. The van der Waals surface area contributed by atoms with Crippen molar-refractivity contribution in [1.82, 2.24) is 0 Å². The molecule has 0 fully saturated rings. The molecule has 1 rings (SSSR count). The van der Waals surface area contributed by atoms with Gasteiger partial charge in [0.05, 0.1) is 5.56 Å². The lowest BCUT2D eigenvalue weighted by atomic mass is 10.1. The lowest BCUT2D eigenvalue weighted by Crippen LogP contribution is -2.26. The molecule has 0 saturated carbocycles. The molecule has 0 spiro atoms. The van der Waals surface area contributed by atoms with Gasteiger partial charge in [-0.2, -0.15) is 11.8 Å². The first-order chi connectivity index (χ1) is 7.85. The topological polar surface area (TPSA) is 49.3 Å². The summed E-state index contributed by atoms with van der Waals surface area (Å²) in [5.41, 5.74) is 1.98. The van der Waals surface area contributed by atoms with Crippen molar-refractivity contribution in [3.63, 3.8) is 0 Å². The SMILES string of the molecule is CSC(C)(C)CNc1ccc(C)cc1C(=O)O. The number of aromatic carboxylic acids is 1. The molecule has 3 nitrogen and oxygen atoms in total. The Balaban J connectivity index is 2.88. The second kappa shape index (κ2) is 5.45. The van der Waals surface area contributed by atoms with Crippen LogP contribution in [0.2, 0.25) is 0 Å². The first-order valence-corrected chi connectivity index (χ1v) is 6.71. The van der Waals surface area contributed by atoms with E-state index in [0.29, 0.717) is 11.3 Å². The molecule has 0 heterocycles. The normalized spacial score (nSPS) is 11.3. The predicted molar refractivity (Wildman–Crippen MR) is 74.2 cm³/mol. The number of hydrogen-bond donors (Lipinski definition) is 2. The third-order valence-corrected chi connectivity index (χ3v) is 3.91. The molecule has 0 aliphatic carbocycles. The highest BCUT2D eigenvalue weighted by atomic mass is 32.2. The number of carboxylic acids is 1. The molecule has 0 unspecified atom stereocenters. The van der Waals surface area contributed by atoms with Crippen molar-refractivity contribution in [2.75, 3.05) is 18.1 Å². The number of aryl methyl sites for hydroxylation is 1. The number of benzene rings is 1. The van der Waals surface area contributed by atoms with Crippen molar-refractivity contribution in [3.8, 4) is 0 Å². The molecule has 0 bridgehead atoms. The van der Waals surface area contributed by atoms with Crippen LogP contribution < -0.4 is 5.32 Å². The van der Waals surface area contributed by atoms with Crippen LogP contribution in [0.3, 0.4) is 0 Å². The summed E-state index contributed by atoms with van der Waals surface area (Å²) in [7, 11) is 0.